The quantitative estimate of drug-likeness (QED) is 0.768. The molecule has 1 aromatic rings. The van der Waals surface area contributed by atoms with Gasteiger partial charge in [0.1, 0.15) is 0 Å². The molecule has 0 bridgehead atoms. The van der Waals surface area contributed by atoms with E-state index in [1.54, 1.807) is 0 Å². The average Bonchev–Trinajstić information content (AvgIpc) is 2.42. The zero-order chi connectivity index (χ0) is 14.5. The van der Waals surface area contributed by atoms with Crippen LogP contribution in [-0.2, 0) is 0 Å². The van der Waals surface area contributed by atoms with E-state index in [0.29, 0.717) is 5.92 Å². The predicted octanol–water partition coefficient (Wildman–Crippen LogP) is 3.66. The molecule has 0 atom stereocenters. The van der Waals surface area contributed by atoms with E-state index in [9.17, 15) is 13.6 Å². The van der Waals surface area contributed by atoms with E-state index < -0.39 is 11.6 Å². The Morgan fingerprint density at radius 3 is 2.55 bits per heavy atom. The number of benzene rings is 1. The van der Waals surface area contributed by atoms with Crippen molar-refractivity contribution < 1.29 is 13.6 Å². The number of nitrogens with zero attached hydrogens (tertiary/aromatic N) is 1. The van der Waals surface area contributed by atoms with E-state index in [4.69, 9.17) is 0 Å². The molecule has 0 aromatic heterocycles. The van der Waals surface area contributed by atoms with Gasteiger partial charge in [-0.2, -0.15) is 0 Å². The highest BCUT2D eigenvalue weighted by Crippen LogP contribution is 2.24. The number of carbonyl (C=O) groups is 1. The Morgan fingerprint density at radius 2 is 1.90 bits per heavy atom. The van der Waals surface area contributed by atoms with E-state index in [2.05, 4.69) is 0 Å². The SMILES string of the molecule is CN(CC(=O)c1ccc(F)c(F)c1)CC1CCCCC1. The molecule has 1 saturated carbocycles. The van der Waals surface area contributed by atoms with Crippen molar-refractivity contribution in [2.75, 3.05) is 20.1 Å². The summed E-state index contributed by atoms with van der Waals surface area (Å²) in [4.78, 5) is 14.0. The third kappa shape index (κ3) is 4.10. The van der Waals surface area contributed by atoms with Gasteiger partial charge in [0, 0.05) is 12.1 Å². The fraction of sp³-hybridized carbons (Fsp3) is 0.562. The highest BCUT2D eigenvalue weighted by Gasteiger charge is 2.17. The maximum Gasteiger partial charge on any atom is 0.176 e. The molecule has 2 rings (SSSR count). The summed E-state index contributed by atoms with van der Waals surface area (Å²) in [6.07, 6.45) is 6.31. The Bertz CT molecular complexity index is 470. The third-order valence-corrected chi connectivity index (χ3v) is 3.95. The average molecular weight is 281 g/mol. The van der Waals surface area contributed by atoms with Crippen LogP contribution in [-0.4, -0.2) is 30.8 Å². The molecule has 0 saturated heterocycles. The van der Waals surface area contributed by atoms with Crippen molar-refractivity contribution in [3.63, 3.8) is 0 Å². The molecule has 1 aliphatic carbocycles. The third-order valence-electron chi connectivity index (χ3n) is 3.95. The number of carbonyl (C=O) groups excluding carboxylic acids is 1. The van der Waals surface area contributed by atoms with Crippen LogP contribution in [0, 0.1) is 17.6 Å². The first-order valence-electron chi connectivity index (χ1n) is 7.23. The number of hydrogen-bond donors (Lipinski definition) is 0. The largest absolute Gasteiger partial charge is 0.299 e. The number of ketones is 1. The maximum absolute atomic E-state index is 13.1. The van der Waals surface area contributed by atoms with Gasteiger partial charge in [0.15, 0.2) is 17.4 Å². The molecule has 0 heterocycles. The van der Waals surface area contributed by atoms with E-state index in [-0.39, 0.29) is 17.9 Å². The van der Waals surface area contributed by atoms with E-state index in [1.807, 2.05) is 11.9 Å². The molecule has 0 spiro atoms. The van der Waals surface area contributed by atoms with Gasteiger partial charge >= 0.3 is 0 Å². The van der Waals surface area contributed by atoms with Crippen molar-refractivity contribution in [3.8, 4) is 0 Å². The monoisotopic (exact) mass is 281 g/mol. The zero-order valence-corrected chi connectivity index (χ0v) is 11.9. The molecule has 0 N–H and O–H groups in total. The van der Waals surface area contributed by atoms with Gasteiger partial charge in [0.25, 0.3) is 0 Å². The summed E-state index contributed by atoms with van der Waals surface area (Å²) in [6.45, 7) is 1.15. The van der Waals surface area contributed by atoms with E-state index in [0.717, 1.165) is 18.7 Å². The van der Waals surface area contributed by atoms with Gasteiger partial charge in [0.2, 0.25) is 0 Å². The molecule has 1 aromatic carbocycles. The molecule has 0 radical (unpaired) electrons. The molecular weight excluding hydrogens is 260 g/mol. The Kier molecular flexibility index (Phi) is 5.24. The smallest absolute Gasteiger partial charge is 0.176 e. The summed E-state index contributed by atoms with van der Waals surface area (Å²) >= 11 is 0. The minimum atomic E-state index is -0.967. The van der Waals surface area contributed by atoms with E-state index >= 15 is 0 Å². The second kappa shape index (κ2) is 6.93. The van der Waals surface area contributed by atoms with Crippen molar-refractivity contribution in [1.29, 1.82) is 0 Å². The van der Waals surface area contributed by atoms with Crippen LogP contribution in [0.1, 0.15) is 42.5 Å². The number of likely N-dealkylation sites (N-methyl/N-ethyl adjacent to an activating group) is 1. The van der Waals surface area contributed by atoms with Crippen LogP contribution < -0.4 is 0 Å². The van der Waals surface area contributed by atoms with Crippen LogP contribution in [0.5, 0.6) is 0 Å². The lowest BCUT2D eigenvalue weighted by molar-refractivity contribution is 0.0931. The maximum atomic E-state index is 13.1. The summed E-state index contributed by atoms with van der Waals surface area (Å²) in [6, 6.07) is 3.32. The zero-order valence-electron chi connectivity index (χ0n) is 11.9. The topological polar surface area (TPSA) is 20.3 Å². The standard InChI is InChI=1S/C16H21F2NO/c1-19(10-12-5-3-2-4-6-12)11-16(20)13-7-8-14(17)15(18)9-13/h7-9,12H,2-6,10-11H2,1H3. The fourth-order valence-corrected chi connectivity index (χ4v) is 2.88. The van der Waals surface area contributed by atoms with Gasteiger partial charge < -0.3 is 0 Å². The van der Waals surface area contributed by atoms with Gasteiger partial charge in [-0.05, 0) is 44.0 Å². The van der Waals surface area contributed by atoms with Gasteiger partial charge in [-0.25, -0.2) is 8.78 Å². The summed E-state index contributed by atoms with van der Waals surface area (Å²) in [7, 11) is 1.91. The molecular formula is C16H21F2NO. The molecule has 2 nitrogen and oxygen atoms in total. The molecule has 4 heteroatoms. The highest BCUT2D eigenvalue weighted by atomic mass is 19.2. The summed E-state index contributed by atoms with van der Waals surface area (Å²) < 4.78 is 25.9. The van der Waals surface area contributed by atoms with Crippen molar-refractivity contribution in [2.24, 2.45) is 5.92 Å². The highest BCUT2D eigenvalue weighted by molar-refractivity contribution is 5.97. The minimum absolute atomic E-state index is 0.165. The molecule has 0 unspecified atom stereocenters. The van der Waals surface area contributed by atoms with Crippen LogP contribution in [0.2, 0.25) is 0 Å². The molecule has 20 heavy (non-hydrogen) atoms. The molecule has 0 amide bonds. The molecule has 1 fully saturated rings. The first-order chi connectivity index (χ1) is 9.56. The van der Waals surface area contributed by atoms with Gasteiger partial charge in [-0.3, -0.25) is 9.69 Å². The lowest BCUT2D eigenvalue weighted by Gasteiger charge is -2.26. The molecule has 0 aliphatic heterocycles. The van der Waals surface area contributed by atoms with Gasteiger partial charge in [0.05, 0.1) is 6.54 Å². The summed E-state index contributed by atoms with van der Waals surface area (Å²) in [5.41, 5.74) is 0.236. The number of halogens is 2. The summed E-state index contributed by atoms with van der Waals surface area (Å²) in [5.74, 6) is -1.39. The normalized spacial score (nSPS) is 16.6. The first kappa shape index (κ1) is 15.1. The second-order valence-electron chi connectivity index (χ2n) is 5.75. The summed E-state index contributed by atoms with van der Waals surface area (Å²) in [5, 5.41) is 0. The fourth-order valence-electron chi connectivity index (χ4n) is 2.88. The number of rotatable bonds is 5. The second-order valence-corrected chi connectivity index (χ2v) is 5.75. The Morgan fingerprint density at radius 1 is 1.20 bits per heavy atom. The van der Waals surface area contributed by atoms with Crippen molar-refractivity contribution in [2.45, 2.75) is 32.1 Å². The van der Waals surface area contributed by atoms with E-state index in [1.165, 1.54) is 38.2 Å². The number of hydrogen-bond acceptors (Lipinski definition) is 2. The Balaban J connectivity index is 1.87. The number of Topliss-reactive ketones (excluding diaryl/α,β-unsaturated/α-hetero) is 1. The molecule has 1 aliphatic rings. The van der Waals surface area contributed by atoms with Crippen LogP contribution in [0.15, 0.2) is 18.2 Å². The van der Waals surface area contributed by atoms with Crippen molar-refractivity contribution >= 4 is 5.78 Å². The van der Waals surface area contributed by atoms with Crippen molar-refractivity contribution in [3.05, 3.63) is 35.4 Å². The Labute approximate surface area is 118 Å². The van der Waals surface area contributed by atoms with Crippen LogP contribution >= 0.6 is 0 Å². The Hall–Kier alpha value is -1.29. The lowest BCUT2D eigenvalue weighted by atomic mass is 9.89. The van der Waals surface area contributed by atoms with Crippen LogP contribution in [0.25, 0.3) is 0 Å². The first-order valence-corrected chi connectivity index (χ1v) is 7.23. The lowest BCUT2D eigenvalue weighted by Crippen LogP contribution is -2.31. The predicted molar refractivity (Wildman–Crippen MR) is 74.8 cm³/mol. The van der Waals surface area contributed by atoms with Crippen molar-refractivity contribution in [1.82, 2.24) is 4.90 Å². The van der Waals surface area contributed by atoms with Gasteiger partial charge in [-0.1, -0.05) is 19.3 Å². The molecule has 110 valence electrons. The van der Waals surface area contributed by atoms with Gasteiger partial charge in [-0.15, -0.1) is 0 Å². The van der Waals surface area contributed by atoms with Crippen LogP contribution in [0.3, 0.4) is 0 Å². The minimum Gasteiger partial charge on any atom is -0.299 e. The van der Waals surface area contributed by atoms with Crippen LogP contribution in [0.4, 0.5) is 8.78 Å².